The Hall–Kier alpha value is -2.92. The first kappa shape index (κ1) is 23.2. The van der Waals surface area contributed by atoms with E-state index in [1.54, 1.807) is 19.1 Å². The van der Waals surface area contributed by atoms with Crippen molar-refractivity contribution in [2.24, 2.45) is 0 Å². The van der Waals surface area contributed by atoms with Crippen molar-refractivity contribution in [3.63, 3.8) is 0 Å². The molecule has 174 valence electrons. The molecule has 0 saturated carbocycles. The van der Waals surface area contributed by atoms with Crippen LogP contribution in [0.4, 0.5) is 5.69 Å². The van der Waals surface area contributed by atoms with Gasteiger partial charge in [0.1, 0.15) is 5.58 Å². The lowest BCUT2D eigenvalue weighted by molar-refractivity contribution is -0.119. The van der Waals surface area contributed by atoms with Crippen molar-refractivity contribution < 1.29 is 31.9 Å². The first-order valence-corrected chi connectivity index (χ1v) is 11.9. The lowest BCUT2D eigenvalue weighted by atomic mass is 10.1. The van der Waals surface area contributed by atoms with E-state index in [2.05, 4.69) is 5.32 Å². The van der Waals surface area contributed by atoms with Gasteiger partial charge in [-0.3, -0.25) is 4.79 Å². The summed E-state index contributed by atoms with van der Waals surface area (Å²) in [5.74, 6) is -1.45. The normalized spacial score (nSPS) is 14.8. The number of morpholine rings is 1. The lowest BCUT2D eigenvalue weighted by Gasteiger charge is -2.26. The van der Waals surface area contributed by atoms with Gasteiger partial charge in [0.25, 0.3) is 5.91 Å². The van der Waals surface area contributed by atoms with Gasteiger partial charge in [0.15, 0.2) is 6.61 Å². The average molecular weight is 493 g/mol. The summed E-state index contributed by atoms with van der Waals surface area (Å²) in [5, 5.41) is 3.41. The molecule has 0 aliphatic carbocycles. The van der Waals surface area contributed by atoms with Crippen LogP contribution in [0, 0.1) is 6.92 Å². The number of sulfonamides is 1. The molecule has 1 N–H and O–H groups in total. The molecule has 11 heteroatoms. The second-order valence-corrected chi connectivity index (χ2v) is 9.68. The van der Waals surface area contributed by atoms with Crippen molar-refractivity contribution in [2.45, 2.75) is 11.8 Å². The molecule has 2 aromatic carbocycles. The number of rotatable bonds is 6. The van der Waals surface area contributed by atoms with Crippen molar-refractivity contribution in [3.8, 4) is 0 Å². The third-order valence-corrected chi connectivity index (χ3v) is 7.41. The Labute approximate surface area is 195 Å². The SMILES string of the molecule is Cc1c(C(=O)OCC(=O)Nc2cc(S(=O)(=O)N3CCOCC3)ccc2Cl)oc2ccccc12. The Balaban J connectivity index is 1.43. The van der Waals surface area contributed by atoms with Gasteiger partial charge in [-0.2, -0.15) is 4.31 Å². The van der Waals surface area contributed by atoms with Crippen molar-refractivity contribution in [3.05, 3.63) is 58.8 Å². The zero-order valence-electron chi connectivity index (χ0n) is 17.7. The van der Waals surface area contributed by atoms with E-state index in [0.29, 0.717) is 24.4 Å². The Bertz CT molecular complexity index is 1310. The molecule has 1 aliphatic heterocycles. The summed E-state index contributed by atoms with van der Waals surface area (Å²) >= 11 is 6.13. The van der Waals surface area contributed by atoms with E-state index in [-0.39, 0.29) is 34.5 Å². The zero-order valence-corrected chi connectivity index (χ0v) is 19.2. The molecule has 1 aliphatic rings. The Morgan fingerprint density at radius 3 is 2.61 bits per heavy atom. The first-order valence-electron chi connectivity index (χ1n) is 10.1. The van der Waals surface area contributed by atoms with Crippen LogP contribution in [0.1, 0.15) is 16.1 Å². The minimum Gasteiger partial charge on any atom is -0.450 e. The maximum absolute atomic E-state index is 12.8. The van der Waals surface area contributed by atoms with Crippen molar-refractivity contribution in [2.75, 3.05) is 38.2 Å². The molecule has 2 heterocycles. The number of nitrogens with one attached hydrogen (secondary N) is 1. The predicted molar refractivity (Wildman–Crippen MR) is 121 cm³/mol. The Kier molecular flexibility index (Phi) is 6.71. The van der Waals surface area contributed by atoms with Crippen LogP contribution in [0.2, 0.25) is 5.02 Å². The van der Waals surface area contributed by atoms with Gasteiger partial charge in [0.2, 0.25) is 15.8 Å². The monoisotopic (exact) mass is 492 g/mol. The number of esters is 1. The van der Waals surface area contributed by atoms with Crippen LogP contribution in [0.5, 0.6) is 0 Å². The molecule has 3 aromatic rings. The highest BCUT2D eigenvalue weighted by Crippen LogP contribution is 2.28. The molecule has 4 rings (SSSR count). The molecule has 1 saturated heterocycles. The van der Waals surface area contributed by atoms with E-state index in [1.165, 1.54) is 22.5 Å². The van der Waals surface area contributed by atoms with Gasteiger partial charge >= 0.3 is 5.97 Å². The van der Waals surface area contributed by atoms with Gasteiger partial charge < -0.3 is 19.2 Å². The number of hydrogen-bond donors (Lipinski definition) is 1. The molecule has 0 atom stereocenters. The number of carbonyl (C=O) groups excluding carboxylic acids is 2. The van der Waals surface area contributed by atoms with Crippen LogP contribution in [-0.4, -0.2) is 57.5 Å². The molecule has 33 heavy (non-hydrogen) atoms. The molecule has 0 unspecified atom stereocenters. The smallest absolute Gasteiger partial charge is 0.375 e. The molecular weight excluding hydrogens is 472 g/mol. The third-order valence-electron chi connectivity index (χ3n) is 5.18. The van der Waals surface area contributed by atoms with Crippen LogP contribution >= 0.6 is 11.6 Å². The van der Waals surface area contributed by atoms with E-state index in [9.17, 15) is 18.0 Å². The predicted octanol–water partition coefficient (Wildman–Crippen LogP) is 3.21. The maximum Gasteiger partial charge on any atom is 0.375 e. The number of amides is 1. The number of anilines is 1. The molecule has 1 amide bonds. The van der Waals surface area contributed by atoms with E-state index >= 15 is 0 Å². The Morgan fingerprint density at radius 1 is 1.15 bits per heavy atom. The fourth-order valence-corrected chi connectivity index (χ4v) is 5.05. The van der Waals surface area contributed by atoms with Gasteiger partial charge in [0, 0.05) is 24.0 Å². The van der Waals surface area contributed by atoms with Crippen molar-refractivity contribution in [1.29, 1.82) is 0 Å². The quantitative estimate of drug-likeness (QED) is 0.525. The highest BCUT2D eigenvalue weighted by molar-refractivity contribution is 7.89. The highest BCUT2D eigenvalue weighted by Gasteiger charge is 2.27. The number of benzene rings is 2. The summed E-state index contributed by atoms with van der Waals surface area (Å²) < 4.78 is 42.8. The number of ether oxygens (including phenoxy) is 2. The number of nitrogens with zero attached hydrogens (tertiary/aromatic N) is 1. The van der Waals surface area contributed by atoms with Crippen molar-refractivity contribution >= 4 is 50.2 Å². The summed E-state index contributed by atoms with van der Waals surface area (Å²) in [7, 11) is -3.77. The number of carbonyl (C=O) groups is 2. The fraction of sp³-hybridized carbons (Fsp3) is 0.273. The van der Waals surface area contributed by atoms with Gasteiger partial charge in [-0.25, -0.2) is 13.2 Å². The summed E-state index contributed by atoms with van der Waals surface area (Å²) in [6.45, 7) is 2.22. The molecule has 9 nitrogen and oxygen atoms in total. The minimum atomic E-state index is -3.77. The van der Waals surface area contributed by atoms with Gasteiger partial charge in [0.05, 0.1) is 28.8 Å². The van der Waals surface area contributed by atoms with Crippen LogP contribution in [0.3, 0.4) is 0 Å². The van der Waals surface area contributed by atoms with Crippen molar-refractivity contribution in [1.82, 2.24) is 4.31 Å². The molecule has 1 aromatic heterocycles. The second kappa shape index (κ2) is 9.52. The lowest BCUT2D eigenvalue weighted by Crippen LogP contribution is -2.40. The molecule has 0 spiro atoms. The van der Waals surface area contributed by atoms with E-state index in [4.69, 9.17) is 25.5 Å². The number of aryl methyl sites for hydroxylation is 1. The number of halogens is 1. The van der Waals surface area contributed by atoms with E-state index in [0.717, 1.165) is 5.39 Å². The minimum absolute atomic E-state index is 0.0145. The Morgan fingerprint density at radius 2 is 1.88 bits per heavy atom. The fourth-order valence-electron chi connectivity index (χ4n) is 3.45. The topological polar surface area (TPSA) is 115 Å². The maximum atomic E-state index is 12.8. The number of furan rings is 1. The zero-order chi connectivity index (χ0) is 23.6. The summed E-state index contributed by atoms with van der Waals surface area (Å²) in [5.41, 5.74) is 1.24. The number of fused-ring (bicyclic) bond motifs is 1. The summed E-state index contributed by atoms with van der Waals surface area (Å²) in [6, 6.07) is 11.2. The molecule has 1 fully saturated rings. The average Bonchev–Trinajstić information content (AvgIpc) is 3.16. The van der Waals surface area contributed by atoms with Crippen LogP contribution in [0.25, 0.3) is 11.0 Å². The van der Waals surface area contributed by atoms with Crippen LogP contribution < -0.4 is 5.32 Å². The second-order valence-electron chi connectivity index (χ2n) is 7.33. The first-order chi connectivity index (χ1) is 15.8. The largest absolute Gasteiger partial charge is 0.450 e. The third kappa shape index (κ3) is 4.88. The van der Waals surface area contributed by atoms with Crippen LogP contribution in [0.15, 0.2) is 51.8 Å². The summed E-state index contributed by atoms with van der Waals surface area (Å²) in [4.78, 5) is 24.8. The molecular formula is C22H21ClN2O7S. The standard InChI is InChI=1S/C22H21ClN2O7S/c1-14-16-4-2-3-5-19(16)32-21(14)22(27)31-13-20(26)24-18-12-15(6-7-17(18)23)33(28,29)25-8-10-30-11-9-25/h2-7,12H,8-11,13H2,1H3,(H,24,26). The van der Waals surface area contributed by atoms with E-state index < -0.39 is 28.5 Å². The highest BCUT2D eigenvalue weighted by atomic mass is 35.5. The molecule has 0 radical (unpaired) electrons. The molecule has 0 bridgehead atoms. The number of hydrogen-bond acceptors (Lipinski definition) is 7. The van der Waals surface area contributed by atoms with E-state index in [1.807, 2.05) is 12.1 Å². The van der Waals surface area contributed by atoms with Gasteiger partial charge in [-0.15, -0.1) is 0 Å². The van der Waals surface area contributed by atoms with Gasteiger partial charge in [-0.1, -0.05) is 29.8 Å². The van der Waals surface area contributed by atoms with Gasteiger partial charge in [-0.05, 0) is 31.2 Å². The van der Waals surface area contributed by atoms with Crippen LogP contribution in [-0.2, 0) is 24.3 Å². The number of para-hydroxylation sites is 1. The summed E-state index contributed by atoms with van der Waals surface area (Å²) in [6.07, 6.45) is 0.